The quantitative estimate of drug-likeness (QED) is 0.238. The van der Waals surface area contributed by atoms with Gasteiger partial charge < -0.3 is 0 Å². The minimum Gasteiger partial charge on any atom is -0.146 e. The van der Waals surface area contributed by atoms with E-state index >= 15 is 0 Å². The standard InChI is InChI=1S/C11H23ClS2/c1-2-3-4-5-6-7-8-9-10-11(12,13)14/h13-14H,2-10H2,1H3. The average Bonchev–Trinajstić information content (AvgIpc) is 2.08. The molecule has 0 aromatic carbocycles. The van der Waals surface area contributed by atoms with E-state index in [1.807, 2.05) is 0 Å². The summed E-state index contributed by atoms with van der Waals surface area (Å²) in [6, 6.07) is 0. The minimum atomic E-state index is -0.595. The van der Waals surface area contributed by atoms with Gasteiger partial charge in [-0.05, 0) is 12.8 Å². The van der Waals surface area contributed by atoms with Crippen molar-refractivity contribution in [3.63, 3.8) is 0 Å². The monoisotopic (exact) mass is 254 g/mol. The minimum absolute atomic E-state index is 0.595. The third-order valence-electron chi connectivity index (χ3n) is 2.35. The largest absolute Gasteiger partial charge is 0.146 e. The first-order chi connectivity index (χ1) is 6.56. The fourth-order valence-electron chi connectivity index (χ4n) is 1.48. The number of thiol groups is 2. The molecule has 0 amide bonds. The van der Waals surface area contributed by atoms with Gasteiger partial charge in [0.05, 0.1) is 0 Å². The maximum atomic E-state index is 5.84. The molecule has 0 atom stereocenters. The second-order valence-electron chi connectivity index (χ2n) is 3.94. The summed E-state index contributed by atoms with van der Waals surface area (Å²) in [4.78, 5) is 0. The van der Waals surface area contributed by atoms with Crippen LogP contribution in [-0.2, 0) is 0 Å². The van der Waals surface area contributed by atoms with E-state index in [4.69, 9.17) is 11.6 Å². The molecule has 0 saturated carbocycles. The van der Waals surface area contributed by atoms with Gasteiger partial charge in [-0.15, -0.1) is 25.3 Å². The van der Waals surface area contributed by atoms with Gasteiger partial charge in [-0.1, -0.05) is 63.5 Å². The van der Waals surface area contributed by atoms with Crippen LogP contribution in [0.15, 0.2) is 0 Å². The van der Waals surface area contributed by atoms with Gasteiger partial charge in [-0.2, -0.15) is 0 Å². The molecule has 0 N–H and O–H groups in total. The van der Waals surface area contributed by atoms with E-state index < -0.39 is 3.54 Å². The van der Waals surface area contributed by atoms with Crippen LogP contribution in [0.25, 0.3) is 0 Å². The van der Waals surface area contributed by atoms with Crippen molar-refractivity contribution in [1.82, 2.24) is 0 Å². The second kappa shape index (κ2) is 9.23. The molecule has 0 saturated heterocycles. The van der Waals surface area contributed by atoms with Crippen molar-refractivity contribution in [2.45, 2.75) is 68.2 Å². The lowest BCUT2D eigenvalue weighted by Gasteiger charge is -2.12. The number of rotatable bonds is 9. The highest BCUT2D eigenvalue weighted by atomic mass is 35.5. The second-order valence-corrected chi connectivity index (χ2v) is 7.00. The van der Waals surface area contributed by atoms with E-state index in [1.54, 1.807) is 0 Å². The Bertz CT molecular complexity index is 121. The number of hydrogen-bond acceptors (Lipinski definition) is 2. The molecule has 0 fully saturated rings. The Labute approximate surface area is 105 Å². The van der Waals surface area contributed by atoms with E-state index in [0.29, 0.717) is 0 Å². The van der Waals surface area contributed by atoms with E-state index in [1.165, 1.54) is 44.9 Å². The molecule has 0 nitrogen and oxygen atoms in total. The summed E-state index contributed by atoms with van der Waals surface area (Å²) in [5.41, 5.74) is 0. The Morgan fingerprint density at radius 2 is 1.29 bits per heavy atom. The van der Waals surface area contributed by atoms with Crippen molar-refractivity contribution in [3.8, 4) is 0 Å². The van der Waals surface area contributed by atoms with Crippen LogP contribution in [0.4, 0.5) is 0 Å². The van der Waals surface area contributed by atoms with Crippen molar-refractivity contribution >= 4 is 36.9 Å². The van der Waals surface area contributed by atoms with E-state index in [9.17, 15) is 0 Å². The molecule has 0 spiro atoms. The molecule has 14 heavy (non-hydrogen) atoms. The lowest BCUT2D eigenvalue weighted by molar-refractivity contribution is 0.569. The highest BCUT2D eigenvalue weighted by Crippen LogP contribution is 2.31. The Morgan fingerprint density at radius 3 is 1.71 bits per heavy atom. The van der Waals surface area contributed by atoms with Crippen LogP contribution >= 0.6 is 36.9 Å². The number of halogens is 1. The van der Waals surface area contributed by atoms with Crippen molar-refractivity contribution in [1.29, 1.82) is 0 Å². The van der Waals surface area contributed by atoms with Crippen molar-refractivity contribution in [2.75, 3.05) is 0 Å². The summed E-state index contributed by atoms with van der Waals surface area (Å²) in [6.07, 6.45) is 11.5. The maximum Gasteiger partial charge on any atom is 0.129 e. The first kappa shape index (κ1) is 15.0. The summed E-state index contributed by atoms with van der Waals surface area (Å²) in [5, 5.41) is 0. The molecule has 0 aliphatic heterocycles. The normalized spacial score (nSPS) is 12.0. The third-order valence-corrected chi connectivity index (χ3v) is 2.98. The molecular formula is C11H23ClS2. The van der Waals surface area contributed by atoms with Crippen LogP contribution in [-0.4, -0.2) is 3.54 Å². The van der Waals surface area contributed by atoms with Gasteiger partial charge in [-0.25, -0.2) is 0 Å². The fraction of sp³-hybridized carbons (Fsp3) is 1.00. The Hall–Kier alpha value is 0.990. The van der Waals surface area contributed by atoms with Crippen LogP contribution in [0.2, 0.25) is 0 Å². The van der Waals surface area contributed by atoms with Gasteiger partial charge in [0.1, 0.15) is 3.54 Å². The molecule has 0 aromatic rings. The Kier molecular flexibility index (Phi) is 9.89. The maximum absolute atomic E-state index is 5.84. The molecule has 0 aliphatic carbocycles. The van der Waals surface area contributed by atoms with E-state index in [-0.39, 0.29) is 0 Å². The molecule has 0 rings (SSSR count). The van der Waals surface area contributed by atoms with Gasteiger partial charge >= 0.3 is 0 Å². The first-order valence-corrected chi connectivity index (χ1v) is 6.97. The van der Waals surface area contributed by atoms with Gasteiger partial charge in [0.2, 0.25) is 0 Å². The van der Waals surface area contributed by atoms with Crippen LogP contribution in [0.5, 0.6) is 0 Å². The summed E-state index contributed by atoms with van der Waals surface area (Å²) >= 11 is 14.2. The smallest absolute Gasteiger partial charge is 0.129 e. The van der Waals surface area contributed by atoms with Gasteiger partial charge in [0.25, 0.3) is 0 Å². The summed E-state index contributed by atoms with van der Waals surface area (Å²) in [5.74, 6) is 0. The third kappa shape index (κ3) is 13.0. The molecular weight excluding hydrogens is 232 g/mol. The highest BCUT2D eigenvalue weighted by molar-refractivity contribution is 8.02. The van der Waals surface area contributed by atoms with Gasteiger partial charge in [-0.3, -0.25) is 0 Å². The fourth-order valence-corrected chi connectivity index (χ4v) is 1.93. The number of alkyl halides is 1. The zero-order chi connectivity index (χ0) is 10.9. The molecule has 0 aliphatic rings. The van der Waals surface area contributed by atoms with Crippen molar-refractivity contribution in [2.24, 2.45) is 0 Å². The topological polar surface area (TPSA) is 0 Å². The zero-order valence-electron chi connectivity index (χ0n) is 9.14. The molecule has 0 aromatic heterocycles. The average molecular weight is 255 g/mol. The first-order valence-electron chi connectivity index (χ1n) is 5.70. The Morgan fingerprint density at radius 1 is 0.857 bits per heavy atom. The predicted octanol–water partition coefficient (Wildman–Crippen LogP) is 5.27. The van der Waals surface area contributed by atoms with Crippen LogP contribution in [0.1, 0.15) is 64.7 Å². The zero-order valence-corrected chi connectivity index (χ0v) is 11.7. The van der Waals surface area contributed by atoms with Crippen LogP contribution in [0.3, 0.4) is 0 Å². The van der Waals surface area contributed by atoms with Crippen molar-refractivity contribution in [3.05, 3.63) is 0 Å². The van der Waals surface area contributed by atoms with Crippen LogP contribution in [0, 0.1) is 0 Å². The molecule has 0 unspecified atom stereocenters. The van der Waals surface area contributed by atoms with Gasteiger partial charge in [0.15, 0.2) is 0 Å². The molecule has 3 heteroatoms. The van der Waals surface area contributed by atoms with E-state index in [0.717, 1.165) is 12.8 Å². The SMILES string of the molecule is CCCCCCCCCCC(S)(S)Cl. The number of hydrogen-bond donors (Lipinski definition) is 2. The lowest BCUT2D eigenvalue weighted by atomic mass is 10.1. The highest BCUT2D eigenvalue weighted by Gasteiger charge is 2.13. The Balaban J connectivity index is 2.99. The molecule has 0 bridgehead atoms. The number of unbranched alkanes of at least 4 members (excludes halogenated alkanes) is 7. The summed E-state index contributed by atoms with van der Waals surface area (Å²) in [6.45, 7) is 2.25. The lowest BCUT2D eigenvalue weighted by Crippen LogP contribution is -2.01. The molecule has 0 radical (unpaired) electrons. The van der Waals surface area contributed by atoms with Gasteiger partial charge in [0, 0.05) is 0 Å². The van der Waals surface area contributed by atoms with Crippen LogP contribution < -0.4 is 0 Å². The van der Waals surface area contributed by atoms with E-state index in [2.05, 4.69) is 32.2 Å². The van der Waals surface area contributed by atoms with Crippen molar-refractivity contribution < 1.29 is 0 Å². The summed E-state index contributed by atoms with van der Waals surface area (Å²) in [7, 11) is 0. The molecule has 86 valence electrons. The summed E-state index contributed by atoms with van der Waals surface area (Å²) < 4.78 is -0.595. The molecule has 0 heterocycles. The predicted molar refractivity (Wildman–Crippen MR) is 73.8 cm³/mol.